The molecule has 6 heteroatoms. The molecular weight excluding hydrogens is 516 g/mol. The van der Waals surface area contributed by atoms with Gasteiger partial charge in [0, 0.05) is 11.1 Å². The molecule has 0 radical (unpaired) electrons. The minimum atomic E-state index is 0.717. The normalized spacial score (nSPS) is 9.66. The van der Waals surface area contributed by atoms with Gasteiger partial charge in [0.05, 0.1) is 27.4 Å². The number of unbranched alkanes of at least 4 members (excludes halogenated alkanes) is 2. The van der Waals surface area contributed by atoms with E-state index < -0.39 is 0 Å². The van der Waals surface area contributed by atoms with Gasteiger partial charge in [0.1, 0.15) is 35.6 Å². The van der Waals surface area contributed by atoms with Crippen LogP contribution in [0.4, 0.5) is 0 Å². The summed E-state index contributed by atoms with van der Waals surface area (Å²) in [6.07, 6.45) is 4.79. The van der Waals surface area contributed by atoms with Crippen LogP contribution in [0.5, 0.6) is 23.0 Å². The van der Waals surface area contributed by atoms with Crippen molar-refractivity contribution < 1.29 is 28.5 Å². The maximum Gasteiger partial charge on any atom is 0.150 e. The van der Waals surface area contributed by atoms with Crippen LogP contribution >= 0.6 is 0 Å². The van der Waals surface area contributed by atoms with Crippen molar-refractivity contribution in [2.45, 2.75) is 33.1 Å². The molecule has 0 saturated heterocycles. The Morgan fingerprint density at radius 1 is 0.463 bits per heavy atom. The lowest BCUT2D eigenvalue weighted by Gasteiger charge is -2.08. The highest BCUT2D eigenvalue weighted by atomic mass is 16.5. The zero-order valence-electron chi connectivity index (χ0n) is 24.4. The Balaban J connectivity index is 0.000000265. The van der Waals surface area contributed by atoms with Gasteiger partial charge in [-0.2, -0.15) is 0 Å². The van der Waals surface area contributed by atoms with Crippen molar-refractivity contribution in [3.8, 4) is 23.0 Å². The highest BCUT2D eigenvalue weighted by molar-refractivity contribution is 5.75. The van der Waals surface area contributed by atoms with Crippen LogP contribution in [0.3, 0.4) is 0 Å². The number of rotatable bonds is 12. The summed E-state index contributed by atoms with van der Waals surface area (Å²) in [5.41, 5.74) is 3.84. The summed E-state index contributed by atoms with van der Waals surface area (Å²) >= 11 is 0. The molecule has 0 bridgehead atoms. The average molecular weight is 557 g/mol. The second-order valence-electron chi connectivity index (χ2n) is 9.17. The summed E-state index contributed by atoms with van der Waals surface area (Å²) in [6.45, 7) is 5.42. The van der Waals surface area contributed by atoms with Crippen LogP contribution in [0.1, 0.15) is 51.1 Å². The minimum Gasteiger partial charge on any atom is -0.497 e. The predicted molar refractivity (Wildman–Crippen MR) is 164 cm³/mol. The zero-order valence-corrected chi connectivity index (χ0v) is 24.4. The van der Waals surface area contributed by atoms with E-state index in [-0.39, 0.29) is 0 Å². The van der Waals surface area contributed by atoms with Crippen LogP contribution in [0, 0.1) is 13.8 Å². The van der Waals surface area contributed by atoms with Gasteiger partial charge in [-0.15, -0.1) is 0 Å². The van der Waals surface area contributed by atoms with Gasteiger partial charge in [-0.1, -0.05) is 59.7 Å². The van der Waals surface area contributed by atoms with Crippen molar-refractivity contribution in [1.29, 1.82) is 0 Å². The number of methoxy groups -OCH3 is 2. The summed E-state index contributed by atoms with van der Waals surface area (Å²) in [5, 5.41) is 0. The Morgan fingerprint density at radius 3 is 1.07 bits per heavy atom. The van der Waals surface area contributed by atoms with Gasteiger partial charge in [-0.25, -0.2) is 0 Å². The monoisotopic (exact) mass is 556 g/mol. The molecule has 4 aromatic carbocycles. The summed E-state index contributed by atoms with van der Waals surface area (Å²) < 4.78 is 21.6. The summed E-state index contributed by atoms with van der Waals surface area (Å²) in [6, 6.07) is 30.2. The lowest BCUT2D eigenvalue weighted by molar-refractivity contribution is 0.111. The maximum atomic E-state index is 10.1. The highest BCUT2D eigenvalue weighted by Gasteiger charge is 1.98. The van der Waals surface area contributed by atoms with E-state index in [1.807, 2.05) is 111 Å². The van der Waals surface area contributed by atoms with Crippen molar-refractivity contribution in [2.75, 3.05) is 27.4 Å². The molecule has 0 atom stereocenters. The third-order valence-electron chi connectivity index (χ3n) is 5.87. The first kappa shape index (κ1) is 32.6. The summed E-state index contributed by atoms with van der Waals surface area (Å²) in [4.78, 5) is 20.2. The van der Waals surface area contributed by atoms with E-state index >= 15 is 0 Å². The van der Waals surface area contributed by atoms with E-state index in [1.54, 1.807) is 14.2 Å². The second kappa shape index (κ2) is 19.5. The molecule has 0 aromatic heterocycles. The van der Waals surface area contributed by atoms with Gasteiger partial charge < -0.3 is 18.9 Å². The van der Waals surface area contributed by atoms with Gasteiger partial charge in [0.2, 0.25) is 0 Å². The number of ether oxygens (including phenoxy) is 4. The van der Waals surface area contributed by atoms with E-state index in [9.17, 15) is 9.59 Å². The number of hydrogen-bond acceptors (Lipinski definition) is 6. The van der Waals surface area contributed by atoms with E-state index in [4.69, 9.17) is 18.9 Å². The Morgan fingerprint density at radius 2 is 0.780 bits per heavy atom. The topological polar surface area (TPSA) is 71.1 Å². The van der Waals surface area contributed by atoms with E-state index in [1.165, 1.54) is 11.1 Å². The smallest absolute Gasteiger partial charge is 0.150 e. The van der Waals surface area contributed by atoms with E-state index in [0.29, 0.717) is 0 Å². The molecule has 41 heavy (non-hydrogen) atoms. The molecule has 0 heterocycles. The van der Waals surface area contributed by atoms with Gasteiger partial charge in [-0.05, 0) is 81.6 Å². The fourth-order valence-electron chi connectivity index (χ4n) is 3.39. The van der Waals surface area contributed by atoms with Crippen molar-refractivity contribution in [3.05, 3.63) is 119 Å². The fraction of sp³-hybridized carbons (Fsp3) is 0.257. The average Bonchev–Trinajstić information content (AvgIpc) is 3.02. The number of carbonyl (C=O) groups is 2. The second-order valence-corrected chi connectivity index (χ2v) is 9.17. The third kappa shape index (κ3) is 13.9. The Bertz CT molecular complexity index is 1150. The van der Waals surface area contributed by atoms with Crippen LogP contribution in [0.15, 0.2) is 97.1 Å². The number of aryl methyl sites for hydroxylation is 2. The van der Waals surface area contributed by atoms with E-state index in [0.717, 1.165) is 79.2 Å². The molecule has 0 spiro atoms. The van der Waals surface area contributed by atoms with Crippen molar-refractivity contribution >= 4 is 12.6 Å². The molecule has 0 aliphatic carbocycles. The number of benzene rings is 4. The third-order valence-corrected chi connectivity index (χ3v) is 5.87. The molecule has 0 saturated carbocycles. The fourth-order valence-corrected chi connectivity index (χ4v) is 3.39. The standard InChI is InChI=1S/C19H24O4.2C8H8O/c1-20-16-6-10-18(11-7-16)22-14-4-3-5-15-23-19-12-8-17(21-2)9-13-19;2*1-7-2-4-8(6-9)5-3-7/h6-13H,3-5,14-15H2,1-2H3;2*2-6H,1H3. The maximum absolute atomic E-state index is 10.1. The molecule has 0 aliphatic heterocycles. The Labute approximate surface area is 243 Å². The first-order chi connectivity index (χ1) is 20.0. The van der Waals surface area contributed by atoms with Crippen molar-refractivity contribution in [3.63, 3.8) is 0 Å². The van der Waals surface area contributed by atoms with Crippen LogP contribution < -0.4 is 18.9 Å². The van der Waals surface area contributed by atoms with Crippen LogP contribution in [-0.4, -0.2) is 40.0 Å². The number of hydrogen-bond donors (Lipinski definition) is 0. The number of carbonyl (C=O) groups excluding carboxylic acids is 2. The SMILES string of the molecule is COc1ccc(OCCCCCOc2ccc(OC)cc2)cc1.Cc1ccc(C=O)cc1.Cc1ccc(C=O)cc1. The molecule has 0 amide bonds. The first-order valence-corrected chi connectivity index (χ1v) is 13.5. The van der Waals surface area contributed by atoms with Gasteiger partial charge in [0.15, 0.2) is 0 Å². The summed E-state index contributed by atoms with van der Waals surface area (Å²) in [7, 11) is 3.31. The van der Waals surface area contributed by atoms with Gasteiger partial charge in [0.25, 0.3) is 0 Å². The van der Waals surface area contributed by atoms with Crippen molar-refractivity contribution in [1.82, 2.24) is 0 Å². The Kier molecular flexibility index (Phi) is 15.5. The van der Waals surface area contributed by atoms with Crippen LogP contribution in [0.2, 0.25) is 0 Å². The molecular formula is C35H40O6. The highest BCUT2D eigenvalue weighted by Crippen LogP contribution is 2.18. The quantitative estimate of drug-likeness (QED) is 0.130. The molecule has 4 rings (SSSR count). The van der Waals surface area contributed by atoms with Crippen LogP contribution in [0.25, 0.3) is 0 Å². The molecule has 0 aliphatic rings. The Hall–Kier alpha value is -4.58. The lowest BCUT2D eigenvalue weighted by Crippen LogP contribution is -2.01. The first-order valence-electron chi connectivity index (χ1n) is 13.5. The molecule has 6 nitrogen and oxygen atoms in total. The molecule has 216 valence electrons. The predicted octanol–water partition coefficient (Wildman–Crippen LogP) is 7.95. The largest absolute Gasteiger partial charge is 0.497 e. The van der Waals surface area contributed by atoms with Gasteiger partial charge in [-0.3, -0.25) is 9.59 Å². The van der Waals surface area contributed by atoms with Crippen LogP contribution in [-0.2, 0) is 0 Å². The molecule has 0 N–H and O–H groups in total. The lowest BCUT2D eigenvalue weighted by atomic mass is 10.2. The molecule has 0 fully saturated rings. The van der Waals surface area contributed by atoms with Crippen molar-refractivity contribution in [2.24, 2.45) is 0 Å². The van der Waals surface area contributed by atoms with E-state index in [2.05, 4.69) is 0 Å². The zero-order chi connectivity index (χ0) is 29.7. The summed E-state index contributed by atoms with van der Waals surface area (Å²) in [5.74, 6) is 3.43. The molecule has 0 unspecified atom stereocenters. The molecule has 4 aromatic rings. The minimum absolute atomic E-state index is 0.717. The number of aldehydes is 2. The van der Waals surface area contributed by atoms with Gasteiger partial charge >= 0.3 is 0 Å².